The van der Waals surface area contributed by atoms with Gasteiger partial charge in [0.2, 0.25) is 4.38 Å². The number of thioether (sulfide) groups is 2. The summed E-state index contributed by atoms with van der Waals surface area (Å²) in [5.41, 5.74) is 0. The van der Waals surface area contributed by atoms with Crippen LogP contribution in [0.1, 0.15) is 53.9 Å². The standard InChI is InChI=1S/C24H36O11S4/c1-6-30-24(36)38-17(11-20-37-8-7-9-39(20)29)10-18-21(32-14(3)26)23(34-16(5)28)22(33-15(4)27)19(35-18)12-31-13(2)25/h17-23H,6-12H2,1-5H3/t17?,18?,19-,20?,21+,22-,23-,39?/m1/s1. The lowest BCUT2D eigenvalue weighted by molar-refractivity contribution is -0.253. The second-order valence-electron chi connectivity index (χ2n) is 8.87. The van der Waals surface area contributed by atoms with Gasteiger partial charge in [-0.25, -0.2) is 0 Å². The molecular formula is C24H36O11S4. The summed E-state index contributed by atoms with van der Waals surface area (Å²) in [6.45, 7) is 6.66. The van der Waals surface area contributed by atoms with Crippen molar-refractivity contribution >= 4 is 74.8 Å². The van der Waals surface area contributed by atoms with Crippen molar-refractivity contribution in [3.63, 3.8) is 0 Å². The summed E-state index contributed by atoms with van der Waals surface area (Å²) in [7, 11) is -1.03. The van der Waals surface area contributed by atoms with E-state index in [0.717, 1.165) is 12.2 Å². The molecule has 2 saturated heterocycles. The van der Waals surface area contributed by atoms with Gasteiger partial charge in [-0.05, 0) is 44.2 Å². The molecule has 39 heavy (non-hydrogen) atoms. The highest BCUT2D eigenvalue weighted by atomic mass is 32.2. The molecule has 4 unspecified atom stereocenters. The molecule has 0 aliphatic carbocycles. The zero-order valence-electron chi connectivity index (χ0n) is 22.6. The largest absolute Gasteiger partial charge is 0.479 e. The molecule has 2 rings (SSSR count). The predicted octanol–water partition coefficient (Wildman–Crippen LogP) is 2.53. The highest BCUT2D eigenvalue weighted by molar-refractivity contribution is 8.23. The minimum Gasteiger partial charge on any atom is -0.479 e. The number of hydrogen-bond donors (Lipinski definition) is 0. The van der Waals surface area contributed by atoms with Crippen molar-refractivity contribution in [1.29, 1.82) is 0 Å². The maximum Gasteiger partial charge on any atom is 0.303 e. The Hall–Kier alpha value is -1.42. The van der Waals surface area contributed by atoms with Crippen LogP contribution in [0, 0.1) is 0 Å². The van der Waals surface area contributed by atoms with E-state index in [1.54, 1.807) is 11.8 Å². The van der Waals surface area contributed by atoms with Crippen LogP contribution in [0.2, 0.25) is 0 Å². The fourth-order valence-electron chi connectivity index (χ4n) is 4.26. The fourth-order valence-corrected chi connectivity index (χ4v) is 9.51. The van der Waals surface area contributed by atoms with Crippen molar-refractivity contribution in [1.82, 2.24) is 0 Å². The van der Waals surface area contributed by atoms with Gasteiger partial charge >= 0.3 is 23.9 Å². The topological polar surface area (TPSA) is 141 Å². The minimum atomic E-state index is -1.24. The van der Waals surface area contributed by atoms with E-state index in [2.05, 4.69) is 0 Å². The summed E-state index contributed by atoms with van der Waals surface area (Å²) in [5.74, 6) is -1.13. The summed E-state index contributed by atoms with van der Waals surface area (Å²) < 4.78 is 46.4. The van der Waals surface area contributed by atoms with Crippen molar-refractivity contribution in [3.05, 3.63) is 0 Å². The van der Waals surface area contributed by atoms with E-state index in [4.69, 9.17) is 40.6 Å². The Morgan fingerprint density at radius 2 is 1.51 bits per heavy atom. The fraction of sp³-hybridized carbons (Fsp3) is 0.792. The van der Waals surface area contributed by atoms with Crippen LogP contribution in [-0.4, -0.2) is 97.5 Å². The number of carbonyl (C=O) groups is 4. The van der Waals surface area contributed by atoms with Crippen LogP contribution in [0.25, 0.3) is 0 Å². The lowest BCUT2D eigenvalue weighted by Crippen LogP contribution is -2.62. The van der Waals surface area contributed by atoms with Crippen molar-refractivity contribution in [2.45, 2.75) is 94.2 Å². The van der Waals surface area contributed by atoms with E-state index in [-0.39, 0.29) is 22.9 Å². The number of esters is 4. The second kappa shape index (κ2) is 16.7. The van der Waals surface area contributed by atoms with E-state index in [1.807, 2.05) is 6.92 Å². The molecule has 2 aliphatic rings. The number of thiocarbonyl (C=S) groups is 1. The first-order valence-electron chi connectivity index (χ1n) is 12.5. The van der Waals surface area contributed by atoms with Crippen LogP contribution in [0.3, 0.4) is 0 Å². The van der Waals surface area contributed by atoms with Gasteiger partial charge < -0.3 is 28.4 Å². The predicted molar refractivity (Wildman–Crippen MR) is 151 cm³/mol. The van der Waals surface area contributed by atoms with E-state index in [0.29, 0.717) is 23.2 Å². The van der Waals surface area contributed by atoms with Gasteiger partial charge in [-0.15, -0.1) is 11.8 Å². The average molecular weight is 629 g/mol. The molecule has 0 spiro atoms. The molecule has 0 bridgehead atoms. The van der Waals surface area contributed by atoms with Gasteiger partial charge in [0.05, 0.1) is 11.2 Å². The Morgan fingerprint density at radius 3 is 2.05 bits per heavy atom. The summed E-state index contributed by atoms with van der Waals surface area (Å²) >= 11 is 8.30. The Morgan fingerprint density at radius 1 is 0.923 bits per heavy atom. The molecule has 0 aromatic heterocycles. The molecule has 15 heteroatoms. The Kier molecular flexibility index (Phi) is 14.5. The van der Waals surface area contributed by atoms with Crippen LogP contribution in [0.5, 0.6) is 0 Å². The van der Waals surface area contributed by atoms with Gasteiger partial charge in [0.25, 0.3) is 0 Å². The van der Waals surface area contributed by atoms with Gasteiger partial charge in [-0.1, -0.05) is 11.8 Å². The first-order chi connectivity index (χ1) is 18.4. The lowest BCUT2D eigenvalue weighted by atomic mass is 9.91. The number of hydrogen-bond acceptors (Lipinski definition) is 14. The van der Waals surface area contributed by atoms with Gasteiger partial charge in [0, 0.05) is 49.5 Å². The molecule has 0 amide bonds. The summed E-state index contributed by atoms with van der Waals surface area (Å²) in [4.78, 5) is 47.8. The molecule has 8 atom stereocenters. The normalized spacial score (nSPS) is 29.4. The lowest BCUT2D eigenvalue weighted by Gasteiger charge is -2.45. The van der Waals surface area contributed by atoms with Crippen molar-refractivity contribution in [2.24, 2.45) is 0 Å². The summed E-state index contributed by atoms with van der Waals surface area (Å²) in [6, 6.07) is 0. The zero-order valence-corrected chi connectivity index (χ0v) is 25.9. The molecule has 0 N–H and O–H groups in total. The van der Waals surface area contributed by atoms with Crippen molar-refractivity contribution < 1.29 is 51.8 Å². The Balaban J connectivity index is 2.44. The summed E-state index contributed by atoms with van der Waals surface area (Å²) in [5, 5.41) is -0.274. The van der Waals surface area contributed by atoms with Gasteiger partial charge in [-0.2, -0.15) is 0 Å². The summed E-state index contributed by atoms with van der Waals surface area (Å²) in [6.07, 6.45) is -3.91. The molecule has 2 fully saturated rings. The maximum atomic E-state index is 12.7. The Bertz CT molecular complexity index is 915. The van der Waals surface area contributed by atoms with Crippen LogP contribution in [-0.2, 0) is 58.4 Å². The van der Waals surface area contributed by atoms with Gasteiger partial charge in [0.15, 0.2) is 18.3 Å². The molecular weight excluding hydrogens is 593 g/mol. The third-order valence-corrected chi connectivity index (χ3v) is 10.7. The third-order valence-electron chi connectivity index (χ3n) is 5.65. The second-order valence-corrected chi connectivity index (χ2v) is 14.1. The SMILES string of the molecule is CCOC(=S)SC(CC1O[C@H](COC(C)=O)[C@@H](OC(C)=O)[C@H](OC(C)=O)[C@H]1OC(C)=O)CC1SCCCS1=O. The highest BCUT2D eigenvalue weighted by Gasteiger charge is 2.52. The number of carbonyl (C=O) groups excluding carboxylic acids is 4. The van der Waals surface area contributed by atoms with Gasteiger partial charge in [0.1, 0.15) is 18.8 Å². The molecule has 0 radical (unpaired) electrons. The quantitative estimate of drug-likeness (QED) is 0.188. The van der Waals surface area contributed by atoms with E-state index < -0.39 is 65.2 Å². The minimum absolute atomic E-state index is 0.133. The molecule has 0 aromatic carbocycles. The van der Waals surface area contributed by atoms with E-state index in [1.165, 1.54) is 39.5 Å². The van der Waals surface area contributed by atoms with Gasteiger partial charge in [-0.3, -0.25) is 23.4 Å². The van der Waals surface area contributed by atoms with Crippen LogP contribution in [0.15, 0.2) is 0 Å². The Labute approximate surface area is 244 Å². The first-order valence-corrected chi connectivity index (χ1v) is 16.3. The van der Waals surface area contributed by atoms with Crippen LogP contribution in [0.4, 0.5) is 0 Å². The van der Waals surface area contributed by atoms with Crippen LogP contribution < -0.4 is 0 Å². The van der Waals surface area contributed by atoms with E-state index in [9.17, 15) is 23.4 Å². The maximum absolute atomic E-state index is 12.7. The van der Waals surface area contributed by atoms with Crippen molar-refractivity contribution in [2.75, 3.05) is 24.7 Å². The van der Waals surface area contributed by atoms with E-state index >= 15 is 0 Å². The molecule has 11 nitrogen and oxygen atoms in total. The third kappa shape index (κ3) is 11.5. The monoisotopic (exact) mass is 628 g/mol. The smallest absolute Gasteiger partial charge is 0.303 e. The van der Waals surface area contributed by atoms with Crippen LogP contribution >= 0.6 is 35.7 Å². The molecule has 2 aliphatic heterocycles. The molecule has 2 heterocycles. The number of rotatable bonds is 11. The molecule has 0 aromatic rings. The molecule has 0 saturated carbocycles. The molecule has 222 valence electrons. The zero-order chi connectivity index (χ0) is 29.1. The van der Waals surface area contributed by atoms with Crippen molar-refractivity contribution in [3.8, 4) is 0 Å². The number of ether oxygens (including phenoxy) is 6. The highest BCUT2D eigenvalue weighted by Crippen LogP contribution is 2.37. The average Bonchev–Trinajstić information content (AvgIpc) is 2.82. The first kappa shape index (κ1) is 33.8.